The Morgan fingerprint density at radius 3 is 2.43 bits per heavy atom. The number of carbonyl (C=O) groups excluding carboxylic acids is 1. The Bertz CT molecular complexity index is 867. The molecule has 0 aliphatic carbocycles. The smallest absolute Gasteiger partial charge is 0.228 e. The molecule has 1 N–H and O–H groups in total. The second kappa shape index (κ2) is 5.92. The van der Waals surface area contributed by atoms with Crippen molar-refractivity contribution in [2.45, 2.75) is 27.2 Å². The van der Waals surface area contributed by atoms with Crippen molar-refractivity contribution in [3.8, 4) is 0 Å². The Balaban J connectivity index is 1.85. The van der Waals surface area contributed by atoms with Crippen molar-refractivity contribution in [3.63, 3.8) is 0 Å². The van der Waals surface area contributed by atoms with Crippen LogP contribution in [0.4, 0.5) is 5.69 Å². The molecule has 3 rings (SSSR count). The van der Waals surface area contributed by atoms with Gasteiger partial charge in [0, 0.05) is 29.8 Å². The third-order valence-electron chi connectivity index (χ3n) is 4.27. The molecule has 0 atom stereocenters. The molecule has 0 fully saturated rings. The third kappa shape index (κ3) is 3.00. The van der Waals surface area contributed by atoms with Crippen molar-refractivity contribution < 1.29 is 4.79 Å². The van der Waals surface area contributed by atoms with E-state index in [1.807, 2.05) is 39.2 Å². The predicted octanol–water partition coefficient (Wildman–Crippen LogP) is 4.28. The van der Waals surface area contributed by atoms with Crippen molar-refractivity contribution in [2.75, 3.05) is 5.32 Å². The van der Waals surface area contributed by atoms with Gasteiger partial charge < -0.3 is 9.88 Å². The van der Waals surface area contributed by atoms with E-state index in [1.165, 1.54) is 5.56 Å². The second-order valence-corrected chi connectivity index (χ2v) is 6.28. The summed E-state index contributed by atoms with van der Waals surface area (Å²) in [6, 6.07) is 12.4. The minimum atomic E-state index is 0.0245. The van der Waals surface area contributed by atoms with E-state index in [1.54, 1.807) is 0 Å². The molecule has 0 aliphatic rings. The lowest BCUT2D eigenvalue weighted by atomic mass is 10.0. The van der Waals surface area contributed by atoms with E-state index in [0.29, 0.717) is 6.42 Å². The lowest BCUT2D eigenvalue weighted by Gasteiger charge is -2.12. The highest BCUT2D eigenvalue weighted by atomic mass is 16.1. The van der Waals surface area contributed by atoms with Crippen LogP contribution in [-0.4, -0.2) is 10.5 Å². The van der Waals surface area contributed by atoms with Crippen LogP contribution in [0.1, 0.15) is 22.3 Å². The number of hydrogen-bond acceptors (Lipinski definition) is 1. The summed E-state index contributed by atoms with van der Waals surface area (Å²) in [5.74, 6) is 0.0245. The van der Waals surface area contributed by atoms with Crippen molar-refractivity contribution in [2.24, 2.45) is 7.05 Å². The molecule has 0 radical (unpaired) electrons. The normalized spacial score (nSPS) is 11.0. The Labute approximate surface area is 136 Å². The van der Waals surface area contributed by atoms with Crippen molar-refractivity contribution in [1.82, 2.24) is 4.57 Å². The molecule has 3 nitrogen and oxygen atoms in total. The summed E-state index contributed by atoms with van der Waals surface area (Å²) in [5.41, 5.74) is 6.57. The SMILES string of the molecule is Cc1cc(C)c(NC(=O)Cc2cn(C)c3ccccc23)c(C)c1. The zero-order valence-electron chi connectivity index (χ0n) is 14.1. The lowest BCUT2D eigenvalue weighted by Crippen LogP contribution is -2.16. The fourth-order valence-electron chi connectivity index (χ4n) is 3.30. The monoisotopic (exact) mass is 306 g/mol. The fraction of sp³-hybridized carbons (Fsp3) is 0.250. The molecular formula is C20H22N2O. The highest BCUT2D eigenvalue weighted by Crippen LogP contribution is 2.24. The molecule has 0 saturated heterocycles. The summed E-state index contributed by atoms with van der Waals surface area (Å²) >= 11 is 0. The van der Waals surface area contributed by atoms with Crippen LogP contribution >= 0.6 is 0 Å². The summed E-state index contributed by atoms with van der Waals surface area (Å²) in [7, 11) is 2.01. The van der Waals surface area contributed by atoms with E-state index >= 15 is 0 Å². The molecule has 2 aromatic carbocycles. The van der Waals surface area contributed by atoms with Crippen molar-refractivity contribution in [1.29, 1.82) is 0 Å². The van der Waals surface area contributed by atoms with Gasteiger partial charge in [0.2, 0.25) is 5.91 Å². The van der Waals surface area contributed by atoms with Crippen LogP contribution in [0.25, 0.3) is 10.9 Å². The van der Waals surface area contributed by atoms with Gasteiger partial charge in [-0.25, -0.2) is 0 Å². The molecule has 3 heteroatoms. The van der Waals surface area contributed by atoms with E-state index in [0.717, 1.165) is 33.3 Å². The Hall–Kier alpha value is -2.55. The Kier molecular flexibility index (Phi) is 3.95. The molecule has 0 bridgehead atoms. The summed E-state index contributed by atoms with van der Waals surface area (Å²) in [5, 5.41) is 4.22. The first-order valence-electron chi connectivity index (χ1n) is 7.86. The zero-order chi connectivity index (χ0) is 16.6. The van der Waals surface area contributed by atoms with Gasteiger partial charge in [-0.3, -0.25) is 4.79 Å². The van der Waals surface area contributed by atoms with Crippen LogP contribution in [0.15, 0.2) is 42.6 Å². The number of anilines is 1. The third-order valence-corrected chi connectivity index (χ3v) is 4.27. The minimum absolute atomic E-state index is 0.0245. The topological polar surface area (TPSA) is 34.0 Å². The molecule has 23 heavy (non-hydrogen) atoms. The van der Waals surface area contributed by atoms with Crippen LogP contribution in [-0.2, 0) is 18.3 Å². The molecule has 1 heterocycles. The maximum atomic E-state index is 12.5. The Morgan fingerprint density at radius 1 is 1.09 bits per heavy atom. The number of nitrogens with zero attached hydrogens (tertiary/aromatic N) is 1. The summed E-state index contributed by atoms with van der Waals surface area (Å²) < 4.78 is 2.07. The van der Waals surface area contributed by atoms with E-state index < -0.39 is 0 Å². The van der Waals surface area contributed by atoms with Gasteiger partial charge in [0.15, 0.2) is 0 Å². The largest absolute Gasteiger partial charge is 0.350 e. The zero-order valence-corrected chi connectivity index (χ0v) is 14.1. The quantitative estimate of drug-likeness (QED) is 0.769. The maximum Gasteiger partial charge on any atom is 0.228 e. The molecule has 0 aliphatic heterocycles. The first-order valence-corrected chi connectivity index (χ1v) is 7.86. The van der Waals surface area contributed by atoms with Gasteiger partial charge in [-0.1, -0.05) is 35.9 Å². The van der Waals surface area contributed by atoms with Crippen molar-refractivity contribution >= 4 is 22.5 Å². The maximum absolute atomic E-state index is 12.5. The number of nitrogens with one attached hydrogen (secondary N) is 1. The fourth-order valence-corrected chi connectivity index (χ4v) is 3.30. The minimum Gasteiger partial charge on any atom is -0.350 e. The Morgan fingerprint density at radius 2 is 1.74 bits per heavy atom. The molecule has 0 spiro atoms. The van der Waals surface area contributed by atoms with E-state index in [4.69, 9.17) is 0 Å². The number of amides is 1. The first kappa shape index (κ1) is 15.3. The molecule has 1 aromatic heterocycles. The highest BCUT2D eigenvalue weighted by molar-refractivity contribution is 5.97. The number of rotatable bonds is 3. The molecule has 3 aromatic rings. The van der Waals surface area contributed by atoms with Gasteiger partial charge in [-0.15, -0.1) is 0 Å². The van der Waals surface area contributed by atoms with Crippen LogP contribution in [0.3, 0.4) is 0 Å². The number of carbonyl (C=O) groups is 1. The van der Waals surface area contributed by atoms with Crippen molar-refractivity contribution in [3.05, 3.63) is 64.8 Å². The molecule has 0 unspecified atom stereocenters. The van der Waals surface area contributed by atoms with Crippen LogP contribution in [0, 0.1) is 20.8 Å². The van der Waals surface area contributed by atoms with Gasteiger partial charge in [-0.05, 0) is 43.5 Å². The predicted molar refractivity (Wildman–Crippen MR) is 95.9 cm³/mol. The van der Waals surface area contributed by atoms with Gasteiger partial charge in [-0.2, -0.15) is 0 Å². The van der Waals surface area contributed by atoms with E-state index in [2.05, 4.69) is 41.1 Å². The molecule has 118 valence electrons. The van der Waals surface area contributed by atoms with Crippen LogP contribution in [0.2, 0.25) is 0 Å². The van der Waals surface area contributed by atoms with Crippen LogP contribution < -0.4 is 5.32 Å². The summed E-state index contributed by atoms with van der Waals surface area (Å²) in [6.45, 7) is 6.14. The summed E-state index contributed by atoms with van der Waals surface area (Å²) in [4.78, 5) is 12.5. The standard InChI is InChI=1S/C20H22N2O/c1-13-9-14(2)20(15(3)10-13)21-19(23)11-16-12-22(4)18-8-6-5-7-17(16)18/h5-10,12H,11H2,1-4H3,(H,21,23). The first-order chi connectivity index (χ1) is 11.0. The van der Waals surface area contributed by atoms with Gasteiger partial charge in [0.1, 0.15) is 0 Å². The number of aryl methyl sites for hydroxylation is 4. The molecule has 1 amide bonds. The number of benzene rings is 2. The lowest BCUT2D eigenvalue weighted by molar-refractivity contribution is -0.115. The molecule has 0 saturated carbocycles. The number of fused-ring (bicyclic) bond motifs is 1. The number of para-hydroxylation sites is 1. The van der Waals surface area contributed by atoms with Gasteiger partial charge >= 0.3 is 0 Å². The van der Waals surface area contributed by atoms with E-state index in [9.17, 15) is 4.79 Å². The second-order valence-electron chi connectivity index (χ2n) is 6.28. The number of aromatic nitrogens is 1. The van der Waals surface area contributed by atoms with Gasteiger partial charge in [0.25, 0.3) is 0 Å². The summed E-state index contributed by atoms with van der Waals surface area (Å²) in [6.07, 6.45) is 2.42. The van der Waals surface area contributed by atoms with Gasteiger partial charge in [0.05, 0.1) is 6.42 Å². The average Bonchev–Trinajstić information content (AvgIpc) is 2.80. The molecular weight excluding hydrogens is 284 g/mol. The van der Waals surface area contributed by atoms with Crippen LogP contribution in [0.5, 0.6) is 0 Å². The highest BCUT2D eigenvalue weighted by Gasteiger charge is 2.12. The number of hydrogen-bond donors (Lipinski definition) is 1. The van der Waals surface area contributed by atoms with E-state index in [-0.39, 0.29) is 5.91 Å². The average molecular weight is 306 g/mol.